The number of carbonyl (C=O) groups excluding carboxylic acids is 2. The molecule has 0 unspecified atom stereocenters. The first-order valence-corrected chi connectivity index (χ1v) is 10.2. The van der Waals surface area contributed by atoms with E-state index in [0.29, 0.717) is 17.1 Å². The van der Waals surface area contributed by atoms with Gasteiger partial charge >= 0.3 is 11.9 Å². The number of halogens is 1. The number of benzene rings is 2. The molecule has 0 spiro atoms. The molecule has 1 aliphatic carbocycles. The molecule has 3 rings (SSSR count). The zero-order valence-corrected chi connectivity index (χ0v) is 17.9. The maximum absolute atomic E-state index is 12.8. The van der Waals surface area contributed by atoms with Crippen molar-refractivity contribution < 1.29 is 28.2 Å². The van der Waals surface area contributed by atoms with Crippen molar-refractivity contribution >= 4 is 11.9 Å². The third-order valence-corrected chi connectivity index (χ3v) is 5.42. The lowest BCUT2D eigenvalue weighted by atomic mass is 10.1. The Hall–Kier alpha value is -3.66. The maximum Gasteiger partial charge on any atom is 0.330 e. The molecule has 0 heterocycles. The largest absolute Gasteiger partial charge is 0.460 e. The van der Waals surface area contributed by atoms with Gasteiger partial charge in [0, 0.05) is 11.6 Å². The van der Waals surface area contributed by atoms with Crippen molar-refractivity contribution in [3.63, 3.8) is 0 Å². The highest BCUT2D eigenvalue weighted by atomic mass is 19.1. The van der Waals surface area contributed by atoms with Gasteiger partial charge in [-0.2, -0.15) is 5.26 Å². The van der Waals surface area contributed by atoms with E-state index in [9.17, 15) is 19.2 Å². The summed E-state index contributed by atoms with van der Waals surface area (Å²) in [5.74, 6) is -0.781. The van der Waals surface area contributed by atoms with E-state index in [-0.39, 0.29) is 12.5 Å². The normalized spacial score (nSPS) is 19.6. The van der Waals surface area contributed by atoms with Crippen LogP contribution in [0.1, 0.15) is 25.5 Å². The SMILES string of the molecule is CC1(C)[C@H](C(=O)O[C@H](C#N)c2cccc(Oc3ccccc3)c2)[C@@H]1C=CC(=O)OCCF. The summed E-state index contributed by atoms with van der Waals surface area (Å²) >= 11 is 0. The van der Waals surface area contributed by atoms with Crippen LogP contribution in [0.3, 0.4) is 0 Å². The van der Waals surface area contributed by atoms with Crippen molar-refractivity contribution in [3.05, 3.63) is 72.3 Å². The summed E-state index contributed by atoms with van der Waals surface area (Å²) in [6, 6.07) is 18.0. The standard InChI is InChI=1S/C25H24FNO5/c1-25(2)20(11-12-22(28)30-14-13-26)23(25)24(29)32-21(16-27)17-7-6-10-19(15-17)31-18-8-4-3-5-9-18/h3-12,15,20-21,23H,13-14H2,1-2H3/t20-,21+,23-/m0/s1. The number of nitrogens with zero attached hydrogens (tertiary/aromatic N) is 1. The minimum atomic E-state index is -1.10. The summed E-state index contributed by atoms with van der Waals surface area (Å²) < 4.78 is 28.0. The number of para-hydroxylation sites is 1. The number of rotatable bonds is 9. The van der Waals surface area contributed by atoms with Gasteiger partial charge in [0.1, 0.15) is 30.8 Å². The Kier molecular flexibility index (Phi) is 7.26. The predicted molar refractivity (Wildman–Crippen MR) is 114 cm³/mol. The summed E-state index contributed by atoms with van der Waals surface area (Å²) in [7, 11) is 0. The van der Waals surface area contributed by atoms with Crippen molar-refractivity contribution in [2.75, 3.05) is 13.3 Å². The number of hydrogen-bond acceptors (Lipinski definition) is 6. The highest BCUT2D eigenvalue weighted by Gasteiger charge is 2.61. The van der Waals surface area contributed by atoms with Gasteiger partial charge in [0.15, 0.2) is 0 Å². The van der Waals surface area contributed by atoms with E-state index in [2.05, 4.69) is 4.74 Å². The summed E-state index contributed by atoms with van der Waals surface area (Å²) in [5.41, 5.74) is 0.0568. The summed E-state index contributed by atoms with van der Waals surface area (Å²) in [5, 5.41) is 9.59. The minimum Gasteiger partial charge on any atom is -0.460 e. The van der Waals surface area contributed by atoms with E-state index in [1.165, 1.54) is 6.08 Å². The van der Waals surface area contributed by atoms with Gasteiger partial charge in [-0.1, -0.05) is 50.3 Å². The molecule has 2 aromatic rings. The molecule has 0 saturated heterocycles. The molecule has 166 valence electrons. The van der Waals surface area contributed by atoms with E-state index >= 15 is 0 Å². The molecule has 0 N–H and O–H groups in total. The molecule has 3 atom stereocenters. The predicted octanol–water partition coefficient (Wildman–Crippen LogP) is 4.93. The second-order valence-corrected chi connectivity index (χ2v) is 7.97. The van der Waals surface area contributed by atoms with Gasteiger partial charge < -0.3 is 14.2 Å². The van der Waals surface area contributed by atoms with Crippen molar-refractivity contribution in [2.24, 2.45) is 17.3 Å². The molecule has 7 heteroatoms. The number of esters is 2. The van der Waals surface area contributed by atoms with Gasteiger partial charge in [0.2, 0.25) is 6.10 Å². The number of allylic oxidation sites excluding steroid dienone is 1. The first-order chi connectivity index (χ1) is 15.4. The van der Waals surface area contributed by atoms with Crippen molar-refractivity contribution in [1.29, 1.82) is 5.26 Å². The monoisotopic (exact) mass is 437 g/mol. The van der Waals surface area contributed by atoms with Crippen LogP contribution in [0.5, 0.6) is 11.5 Å². The van der Waals surface area contributed by atoms with Gasteiger partial charge in [-0.05, 0) is 35.6 Å². The molecule has 6 nitrogen and oxygen atoms in total. The van der Waals surface area contributed by atoms with E-state index in [0.717, 1.165) is 0 Å². The first-order valence-electron chi connectivity index (χ1n) is 10.2. The molecule has 2 aromatic carbocycles. The Morgan fingerprint density at radius 2 is 1.88 bits per heavy atom. The smallest absolute Gasteiger partial charge is 0.330 e. The van der Waals surface area contributed by atoms with Crippen LogP contribution < -0.4 is 4.74 Å². The molecule has 0 amide bonds. The van der Waals surface area contributed by atoms with E-state index < -0.39 is 36.1 Å². The van der Waals surface area contributed by atoms with Gasteiger partial charge in [0.25, 0.3) is 0 Å². The Morgan fingerprint density at radius 3 is 2.56 bits per heavy atom. The van der Waals surface area contributed by atoms with Crippen LogP contribution in [0.15, 0.2) is 66.7 Å². The molecule has 0 aliphatic heterocycles. The molecule has 0 radical (unpaired) electrons. The van der Waals surface area contributed by atoms with Crippen LogP contribution in [-0.2, 0) is 19.1 Å². The molecule has 1 fully saturated rings. The number of hydrogen-bond donors (Lipinski definition) is 0. The van der Waals surface area contributed by atoms with Crippen LogP contribution in [-0.4, -0.2) is 25.2 Å². The van der Waals surface area contributed by atoms with Crippen molar-refractivity contribution in [1.82, 2.24) is 0 Å². The highest BCUT2D eigenvalue weighted by Crippen LogP contribution is 2.59. The summed E-state index contributed by atoms with van der Waals surface area (Å²) in [6.07, 6.45) is 1.67. The fourth-order valence-electron chi connectivity index (χ4n) is 3.58. The third-order valence-electron chi connectivity index (χ3n) is 5.42. The Morgan fingerprint density at radius 1 is 1.16 bits per heavy atom. The fraction of sp³-hybridized carbons (Fsp3) is 0.320. The highest BCUT2D eigenvalue weighted by molar-refractivity contribution is 5.83. The number of alkyl halides is 1. The Balaban J connectivity index is 1.65. The van der Waals surface area contributed by atoms with Gasteiger partial charge in [-0.25, -0.2) is 9.18 Å². The number of carbonyl (C=O) groups is 2. The lowest BCUT2D eigenvalue weighted by Crippen LogP contribution is -2.14. The summed E-state index contributed by atoms with van der Waals surface area (Å²) in [4.78, 5) is 24.3. The van der Waals surface area contributed by atoms with Crippen LogP contribution in [0, 0.1) is 28.6 Å². The van der Waals surface area contributed by atoms with Crippen LogP contribution >= 0.6 is 0 Å². The molecular weight excluding hydrogens is 413 g/mol. The van der Waals surface area contributed by atoms with Gasteiger partial charge in [-0.15, -0.1) is 0 Å². The average molecular weight is 437 g/mol. The maximum atomic E-state index is 12.8. The third kappa shape index (κ3) is 5.52. The van der Waals surface area contributed by atoms with Crippen LogP contribution in [0.2, 0.25) is 0 Å². The minimum absolute atomic E-state index is 0.250. The van der Waals surface area contributed by atoms with E-state index in [4.69, 9.17) is 9.47 Å². The fourth-order valence-corrected chi connectivity index (χ4v) is 3.58. The zero-order chi connectivity index (χ0) is 23.1. The zero-order valence-electron chi connectivity index (χ0n) is 17.9. The topological polar surface area (TPSA) is 85.6 Å². The molecule has 1 aliphatic rings. The van der Waals surface area contributed by atoms with Crippen molar-refractivity contribution in [2.45, 2.75) is 20.0 Å². The quantitative estimate of drug-likeness (QED) is 0.409. The van der Waals surface area contributed by atoms with E-state index in [1.807, 2.05) is 50.2 Å². The molecular formula is C25H24FNO5. The average Bonchev–Trinajstić information content (AvgIpc) is 3.35. The van der Waals surface area contributed by atoms with Gasteiger partial charge in [0.05, 0.1) is 5.92 Å². The molecule has 1 saturated carbocycles. The molecule has 0 bridgehead atoms. The van der Waals surface area contributed by atoms with Crippen molar-refractivity contribution in [3.8, 4) is 17.6 Å². The number of ether oxygens (including phenoxy) is 3. The molecule has 32 heavy (non-hydrogen) atoms. The summed E-state index contributed by atoms with van der Waals surface area (Å²) in [6.45, 7) is 2.68. The second-order valence-electron chi connectivity index (χ2n) is 7.97. The Bertz CT molecular complexity index is 1030. The van der Waals surface area contributed by atoms with Crippen LogP contribution in [0.25, 0.3) is 0 Å². The van der Waals surface area contributed by atoms with Crippen LogP contribution in [0.4, 0.5) is 4.39 Å². The second kappa shape index (κ2) is 10.1. The molecule has 0 aromatic heterocycles. The lowest BCUT2D eigenvalue weighted by molar-refractivity contribution is -0.149. The van der Waals surface area contributed by atoms with E-state index in [1.54, 1.807) is 30.3 Å². The van der Waals surface area contributed by atoms with Gasteiger partial charge in [-0.3, -0.25) is 4.79 Å². The Labute approximate surface area is 186 Å². The first kappa shape index (κ1) is 23.0. The lowest BCUT2D eigenvalue weighted by Gasteiger charge is -2.13. The number of nitriles is 1.